The second-order valence-electron chi connectivity index (χ2n) is 3.51. The Hall–Kier alpha value is -1.49. The molecule has 88 valence electrons. The van der Waals surface area contributed by atoms with E-state index in [9.17, 15) is 13.6 Å². The largest absolute Gasteiger partial charge is 0.487 e. The molecule has 0 spiro atoms. The first-order valence-electron chi connectivity index (χ1n) is 4.76. The third kappa shape index (κ3) is 3.94. The quantitative estimate of drug-likeness (QED) is 0.784. The predicted octanol–water partition coefficient (Wildman–Crippen LogP) is 1.86. The maximum atomic E-state index is 12.5. The summed E-state index contributed by atoms with van der Waals surface area (Å²) in [4.78, 5) is 11.2. The van der Waals surface area contributed by atoms with Gasteiger partial charge >= 0.3 is 0 Å². The van der Waals surface area contributed by atoms with Crippen LogP contribution in [0.1, 0.15) is 17.3 Å². The van der Waals surface area contributed by atoms with Crippen molar-refractivity contribution in [2.24, 2.45) is 5.73 Å². The highest BCUT2D eigenvalue weighted by Crippen LogP contribution is 2.17. The number of ketones is 1. The van der Waals surface area contributed by atoms with Crippen molar-refractivity contribution in [2.75, 3.05) is 13.2 Å². The number of rotatable bonds is 5. The Bertz CT molecular complexity index is 357. The van der Waals surface area contributed by atoms with Gasteiger partial charge in [-0.15, -0.1) is 0 Å². The topological polar surface area (TPSA) is 52.3 Å². The van der Waals surface area contributed by atoms with E-state index in [-0.39, 0.29) is 12.3 Å². The molecule has 0 aliphatic rings. The van der Waals surface area contributed by atoms with Crippen molar-refractivity contribution < 1.29 is 18.3 Å². The maximum absolute atomic E-state index is 12.5. The fourth-order valence-electron chi connectivity index (χ4n) is 1.06. The predicted molar refractivity (Wildman–Crippen MR) is 55.9 cm³/mol. The van der Waals surface area contributed by atoms with Crippen LogP contribution in [0.3, 0.4) is 0 Å². The summed E-state index contributed by atoms with van der Waals surface area (Å²) in [5.41, 5.74) is 5.62. The third-order valence-corrected chi connectivity index (χ3v) is 1.85. The van der Waals surface area contributed by atoms with Gasteiger partial charge in [0, 0.05) is 12.5 Å². The first kappa shape index (κ1) is 12.6. The molecule has 5 heteroatoms. The van der Waals surface area contributed by atoms with Crippen molar-refractivity contribution in [1.29, 1.82) is 0 Å². The zero-order valence-corrected chi connectivity index (χ0v) is 8.87. The minimum atomic E-state index is -2.87. The molecule has 0 aliphatic heterocycles. The molecule has 0 aromatic heterocycles. The van der Waals surface area contributed by atoms with Crippen LogP contribution in [0.2, 0.25) is 0 Å². The van der Waals surface area contributed by atoms with Gasteiger partial charge in [-0.25, -0.2) is 8.78 Å². The van der Waals surface area contributed by atoms with Crippen molar-refractivity contribution in [2.45, 2.75) is 12.8 Å². The highest BCUT2D eigenvalue weighted by atomic mass is 19.3. The van der Waals surface area contributed by atoms with Gasteiger partial charge in [0.2, 0.25) is 0 Å². The van der Waals surface area contributed by atoms with Gasteiger partial charge in [0.15, 0.2) is 12.4 Å². The van der Waals surface area contributed by atoms with Gasteiger partial charge < -0.3 is 10.5 Å². The maximum Gasteiger partial charge on any atom is 0.278 e. The van der Waals surface area contributed by atoms with Gasteiger partial charge in [0.25, 0.3) is 5.92 Å². The Morgan fingerprint density at radius 1 is 1.38 bits per heavy atom. The molecule has 0 radical (unpaired) electrons. The molecule has 1 aromatic rings. The molecule has 0 fully saturated rings. The third-order valence-electron chi connectivity index (χ3n) is 1.85. The van der Waals surface area contributed by atoms with E-state index in [0.717, 1.165) is 6.92 Å². The van der Waals surface area contributed by atoms with E-state index in [0.29, 0.717) is 11.3 Å². The summed E-state index contributed by atoms with van der Waals surface area (Å²) in [6, 6.07) is 5.93. The Labute approximate surface area is 92.2 Å². The van der Waals surface area contributed by atoms with Crippen LogP contribution in [0.5, 0.6) is 5.75 Å². The van der Waals surface area contributed by atoms with Crippen LogP contribution in [0.15, 0.2) is 24.3 Å². The minimum Gasteiger partial charge on any atom is -0.487 e. The number of Topliss-reactive ketones (excluding diaryl/α,β-unsaturated/α-hetero) is 1. The Balaban J connectivity index is 2.62. The normalized spacial score (nSPS) is 11.2. The number of carbonyl (C=O) groups excluding carboxylic acids is 1. The van der Waals surface area contributed by atoms with Crippen LogP contribution < -0.4 is 10.5 Å². The number of hydrogen-bond donors (Lipinski definition) is 1. The highest BCUT2D eigenvalue weighted by molar-refractivity contribution is 5.97. The number of carbonyl (C=O) groups is 1. The number of benzene rings is 1. The smallest absolute Gasteiger partial charge is 0.278 e. The first-order valence-corrected chi connectivity index (χ1v) is 4.76. The number of alkyl halides is 2. The Morgan fingerprint density at radius 3 is 2.38 bits per heavy atom. The number of halogens is 2. The lowest BCUT2D eigenvalue weighted by Crippen LogP contribution is -2.21. The molecule has 16 heavy (non-hydrogen) atoms. The zero-order chi connectivity index (χ0) is 12.2. The molecule has 3 nitrogen and oxygen atoms in total. The lowest BCUT2D eigenvalue weighted by atomic mass is 10.1. The number of nitrogens with two attached hydrogens (primary N) is 1. The summed E-state index contributed by atoms with van der Waals surface area (Å²) in [6.45, 7) is 0.0176. The molecule has 0 unspecified atom stereocenters. The number of ether oxygens (including phenoxy) is 1. The monoisotopic (exact) mass is 229 g/mol. The standard InChI is InChI=1S/C11H13F2NO2/c1-11(12,13)7-16-9-4-2-8(3-5-9)10(15)6-14/h2-5H,6-7,14H2,1H3. The van der Waals surface area contributed by atoms with E-state index in [4.69, 9.17) is 10.5 Å². The molecule has 1 rings (SSSR count). The van der Waals surface area contributed by atoms with Gasteiger partial charge in [-0.1, -0.05) is 0 Å². The molecule has 0 saturated carbocycles. The molecular formula is C11H13F2NO2. The molecule has 0 atom stereocenters. The SMILES string of the molecule is CC(F)(F)COc1ccc(C(=O)CN)cc1. The van der Waals surface area contributed by atoms with E-state index >= 15 is 0 Å². The van der Waals surface area contributed by atoms with E-state index in [2.05, 4.69) is 0 Å². The van der Waals surface area contributed by atoms with Gasteiger partial charge in [-0.05, 0) is 24.3 Å². The zero-order valence-electron chi connectivity index (χ0n) is 8.87. The van der Waals surface area contributed by atoms with Crippen molar-refractivity contribution in [3.8, 4) is 5.75 Å². The van der Waals surface area contributed by atoms with Gasteiger partial charge in [0.05, 0.1) is 6.54 Å². The van der Waals surface area contributed by atoms with Crippen LogP contribution >= 0.6 is 0 Å². The summed E-state index contributed by atoms with van der Waals surface area (Å²) in [5.74, 6) is -2.77. The molecule has 0 aliphatic carbocycles. The van der Waals surface area contributed by atoms with Crippen molar-refractivity contribution in [3.05, 3.63) is 29.8 Å². The van der Waals surface area contributed by atoms with E-state index in [1.165, 1.54) is 24.3 Å². The van der Waals surface area contributed by atoms with Crippen molar-refractivity contribution in [1.82, 2.24) is 0 Å². The second kappa shape index (κ2) is 5.03. The second-order valence-corrected chi connectivity index (χ2v) is 3.51. The number of hydrogen-bond acceptors (Lipinski definition) is 3. The minimum absolute atomic E-state index is 0.0762. The van der Waals surface area contributed by atoms with E-state index in [1.807, 2.05) is 0 Å². The fourth-order valence-corrected chi connectivity index (χ4v) is 1.06. The highest BCUT2D eigenvalue weighted by Gasteiger charge is 2.21. The van der Waals surface area contributed by atoms with Crippen LogP contribution in [-0.2, 0) is 0 Å². The molecule has 2 N–H and O–H groups in total. The fraction of sp³-hybridized carbons (Fsp3) is 0.364. The summed E-state index contributed by atoms with van der Waals surface area (Å²) >= 11 is 0. The van der Waals surface area contributed by atoms with Crippen LogP contribution in [0.25, 0.3) is 0 Å². The van der Waals surface area contributed by atoms with Crippen molar-refractivity contribution >= 4 is 5.78 Å². The first-order chi connectivity index (χ1) is 7.42. The summed E-state index contributed by atoms with van der Waals surface area (Å²) in [5, 5.41) is 0. The Kier molecular flexibility index (Phi) is 3.95. The average Bonchev–Trinajstić information content (AvgIpc) is 2.25. The molecule has 0 saturated heterocycles. The molecule has 0 heterocycles. The van der Waals surface area contributed by atoms with Gasteiger partial charge in [0.1, 0.15) is 5.75 Å². The molecular weight excluding hydrogens is 216 g/mol. The molecule has 1 aromatic carbocycles. The lowest BCUT2D eigenvalue weighted by molar-refractivity contribution is -0.0229. The van der Waals surface area contributed by atoms with E-state index < -0.39 is 12.5 Å². The summed E-state index contributed by atoms with van der Waals surface area (Å²) < 4.78 is 29.8. The van der Waals surface area contributed by atoms with E-state index in [1.54, 1.807) is 0 Å². The molecule has 0 amide bonds. The average molecular weight is 229 g/mol. The van der Waals surface area contributed by atoms with Crippen LogP contribution in [0.4, 0.5) is 8.78 Å². The Morgan fingerprint density at radius 2 is 1.94 bits per heavy atom. The van der Waals surface area contributed by atoms with Gasteiger partial charge in [-0.3, -0.25) is 4.79 Å². The van der Waals surface area contributed by atoms with Gasteiger partial charge in [-0.2, -0.15) is 0 Å². The van der Waals surface area contributed by atoms with Crippen LogP contribution in [-0.4, -0.2) is 24.9 Å². The molecule has 0 bridgehead atoms. The summed E-state index contributed by atoms with van der Waals surface area (Å²) in [7, 11) is 0. The van der Waals surface area contributed by atoms with Crippen molar-refractivity contribution in [3.63, 3.8) is 0 Å². The van der Waals surface area contributed by atoms with Crippen LogP contribution in [0, 0.1) is 0 Å². The summed E-state index contributed by atoms with van der Waals surface area (Å²) in [6.07, 6.45) is 0. The lowest BCUT2D eigenvalue weighted by Gasteiger charge is -2.11.